The maximum absolute atomic E-state index is 5.64. The first kappa shape index (κ1) is 19.1. The van der Waals surface area contributed by atoms with Crippen LogP contribution >= 0.6 is 11.3 Å². The molecule has 1 saturated heterocycles. The molecule has 1 aliphatic rings. The van der Waals surface area contributed by atoms with E-state index in [0.717, 1.165) is 56.6 Å². The molecule has 0 aromatic carbocycles. The molecule has 0 bridgehead atoms. The van der Waals surface area contributed by atoms with Crippen LogP contribution in [-0.4, -0.2) is 61.3 Å². The van der Waals surface area contributed by atoms with E-state index in [0.29, 0.717) is 12.1 Å². The molecular weight excluding hydrogens is 322 g/mol. The quantitative estimate of drug-likeness (QED) is 0.580. The van der Waals surface area contributed by atoms with E-state index in [9.17, 15) is 0 Å². The molecule has 0 radical (unpaired) electrons. The molecule has 0 amide bonds. The van der Waals surface area contributed by atoms with Gasteiger partial charge in [-0.1, -0.05) is 0 Å². The third kappa shape index (κ3) is 6.75. The van der Waals surface area contributed by atoms with Crippen molar-refractivity contribution in [3.63, 3.8) is 0 Å². The van der Waals surface area contributed by atoms with Crippen LogP contribution in [0.5, 0.6) is 0 Å². The standard InChI is InChI=1S/C17H31N5OS/c1-13(2)23-10-9-22-7-5-15(6-8-22)21-17(18-4)20-12-16-19-11-14(3)24-16/h11,13,15H,5-10,12H2,1-4H3,(H2,18,20,21). The summed E-state index contributed by atoms with van der Waals surface area (Å²) in [6.45, 7) is 11.1. The van der Waals surface area contributed by atoms with Crippen molar-refractivity contribution in [2.45, 2.75) is 52.3 Å². The van der Waals surface area contributed by atoms with E-state index in [4.69, 9.17) is 4.74 Å². The number of likely N-dealkylation sites (tertiary alicyclic amines) is 1. The highest BCUT2D eigenvalue weighted by molar-refractivity contribution is 7.11. The first-order chi connectivity index (χ1) is 11.6. The molecule has 7 heteroatoms. The van der Waals surface area contributed by atoms with Crippen molar-refractivity contribution in [1.82, 2.24) is 20.5 Å². The van der Waals surface area contributed by atoms with Gasteiger partial charge in [0.15, 0.2) is 5.96 Å². The van der Waals surface area contributed by atoms with Gasteiger partial charge >= 0.3 is 0 Å². The van der Waals surface area contributed by atoms with Gasteiger partial charge in [-0.3, -0.25) is 4.99 Å². The molecule has 1 aliphatic heterocycles. The molecule has 2 heterocycles. The van der Waals surface area contributed by atoms with Gasteiger partial charge in [0.1, 0.15) is 5.01 Å². The summed E-state index contributed by atoms with van der Waals surface area (Å²) in [6, 6.07) is 0.483. The Morgan fingerprint density at radius 1 is 1.46 bits per heavy atom. The first-order valence-electron chi connectivity index (χ1n) is 8.79. The van der Waals surface area contributed by atoms with Gasteiger partial charge in [-0.05, 0) is 33.6 Å². The number of hydrogen-bond acceptors (Lipinski definition) is 5. The smallest absolute Gasteiger partial charge is 0.191 e. The van der Waals surface area contributed by atoms with Gasteiger partial charge in [-0.15, -0.1) is 11.3 Å². The largest absolute Gasteiger partial charge is 0.377 e. The summed E-state index contributed by atoms with van der Waals surface area (Å²) in [6.07, 6.45) is 4.51. The van der Waals surface area contributed by atoms with Crippen molar-refractivity contribution in [3.05, 3.63) is 16.1 Å². The molecule has 1 aromatic rings. The Balaban J connectivity index is 1.66. The minimum atomic E-state index is 0.320. The maximum atomic E-state index is 5.64. The summed E-state index contributed by atoms with van der Waals surface area (Å²) in [4.78, 5) is 12.4. The Morgan fingerprint density at radius 2 is 2.21 bits per heavy atom. The van der Waals surface area contributed by atoms with E-state index in [1.54, 1.807) is 11.3 Å². The fraction of sp³-hybridized carbons (Fsp3) is 0.765. The third-order valence-corrected chi connectivity index (χ3v) is 5.00. The van der Waals surface area contributed by atoms with E-state index in [1.165, 1.54) is 4.88 Å². The predicted octanol–water partition coefficient (Wildman–Crippen LogP) is 2.01. The zero-order chi connectivity index (χ0) is 17.4. The highest BCUT2D eigenvalue weighted by Gasteiger charge is 2.19. The minimum Gasteiger partial charge on any atom is -0.377 e. The van der Waals surface area contributed by atoms with E-state index < -0.39 is 0 Å². The second-order valence-electron chi connectivity index (χ2n) is 6.47. The Kier molecular flexibility index (Phi) is 7.94. The van der Waals surface area contributed by atoms with Crippen molar-refractivity contribution < 1.29 is 4.74 Å². The molecule has 24 heavy (non-hydrogen) atoms. The molecule has 0 aliphatic carbocycles. The second-order valence-corrected chi connectivity index (χ2v) is 7.79. The summed E-state index contributed by atoms with van der Waals surface area (Å²) < 4.78 is 5.64. The molecule has 0 saturated carbocycles. The second kappa shape index (κ2) is 9.96. The number of thiazole rings is 1. The van der Waals surface area contributed by atoms with Crippen LogP contribution < -0.4 is 10.6 Å². The fourth-order valence-electron chi connectivity index (χ4n) is 2.75. The summed E-state index contributed by atoms with van der Waals surface area (Å²) in [5.74, 6) is 0.865. The van der Waals surface area contributed by atoms with Crippen LogP contribution in [0.1, 0.15) is 36.6 Å². The van der Waals surface area contributed by atoms with Crippen molar-refractivity contribution >= 4 is 17.3 Å². The zero-order valence-electron chi connectivity index (χ0n) is 15.3. The van der Waals surface area contributed by atoms with Gasteiger partial charge in [0.25, 0.3) is 0 Å². The summed E-state index contributed by atoms with van der Waals surface area (Å²) in [5.41, 5.74) is 0. The number of aryl methyl sites for hydroxylation is 1. The molecule has 0 unspecified atom stereocenters. The lowest BCUT2D eigenvalue weighted by Crippen LogP contribution is -2.49. The van der Waals surface area contributed by atoms with Gasteiger partial charge in [0.05, 0.1) is 19.3 Å². The summed E-state index contributed by atoms with van der Waals surface area (Å²) >= 11 is 1.72. The molecule has 6 nitrogen and oxygen atoms in total. The average Bonchev–Trinajstić information content (AvgIpc) is 2.98. The SMILES string of the molecule is CN=C(NCc1ncc(C)s1)NC1CCN(CCOC(C)C)CC1. The van der Waals surface area contributed by atoms with Crippen LogP contribution in [-0.2, 0) is 11.3 Å². The highest BCUT2D eigenvalue weighted by atomic mass is 32.1. The molecule has 2 rings (SSSR count). The van der Waals surface area contributed by atoms with Crippen molar-refractivity contribution in [2.24, 2.45) is 4.99 Å². The number of rotatable bonds is 7. The predicted molar refractivity (Wildman–Crippen MR) is 101 cm³/mol. The normalized spacial score (nSPS) is 17.5. The van der Waals surface area contributed by atoms with Crippen molar-refractivity contribution in [3.8, 4) is 0 Å². The molecular formula is C17H31N5OS. The molecule has 0 atom stereocenters. The Morgan fingerprint density at radius 3 is 2.79 bits per heavy atom. The van der Waals surface area contributed by atoms with Gasteiger partial charge in [0.2, 0.25) is 0 Å². The molecule has 2 N–H and O–H groups in total. The number of piperidine rings is 1. The Labute approximate surface area is 149 Å². The Bertz CT molecular complexity index is 509. The lowest BCUT2D eigenvalue weighted by molar-refractivity contribution is 0.0532. The van der Waals surface area contributed by atoms with E-state index in [2.05, 4.69) is 46.3 Å². The highest BCUT2D eigenvalue weighted by Crippen LogP contribution is 2.11. The fourth-order valence-corrected chi connectivity index (χ4v) is 3.48. The van der Waals surface area contributed by atoms with Crippen LogP contribution in [0.4, 0.5) is 0 Å². The average molecular weight is 354 g/mol. The van der Waals surface area contributed by atoms with Crippen LogP contribution in [0, 0.1) is 6.92 Å². The number of hydrogen-bond donors (Lipinski definition) is 2. The van der Waals surface area contributed by atoms with E-state index in [1.807, 2.05) is 13.2 Å². The van der Waals surface area contributed by atoms with Crippen molar-refractivity contribution in [1.29, 1.82) is 0 Å². The summed E-state index contributed by atoms with van der Waals surface area (Å²) in [5, 5.41) is 7.99. The van der Waals surface area contributed by atoms with Gasteiger partial charge in [-0.2, -0.15) is 0 Å². The van der Waals surface area contributed by atoms with E-state index in [-0.39, 0.29) is 0 Å². The monoisotopic (exact) mass is 353 g/mol. The molecule has 1 fully saturated rings. The number of nitrogens with zero attached hydrogens (tertiary/aromatic N) is 3. The first-order valence-corrected chi connectivity index (χ1v) is 9.61. The number of ether oxygens (including phenoxy) is 1. The van der Waals surface area contributed by atoms with Crippen molar-refractivity contribution in [2.75, 3.05) is 33.3 Å². The number of guanidine groups is 1. The lowest BCUT2D eigenvalue weighted by Gasteiger charge is -2.33. The minimum absolute atomic E-state index is 0.320. The zero-order valence-corrected chi connectivity index (χ0v) is 16.2. The third-order valence-electron chi connectivity index (χ3n) is 4.09. The van der Waals surface area contributed by atoms with Crippen LogP contribution in [0.2, 0.25) is 0 Å². The molecule has 1 aromatic heterocycles. The van der Waals surface area contributed by atoms with E-state index >= 15 is 0 Å². The van der Waals surface area contributed by atoms with Gasteiger partial charge < -0.3 is 20.3 Å². The van der Waals surface area contributed by atoms with Crippen LogP contribution in [0.3, 0.4) is 0 Å². The topological polar surface area (TPSA) is 61.8 Å². The van der Waals surface area contributed by atoms with Crippen LogP contribution in [0.25, 0.3) is 0 Å². The number of nitrogens with one attached hydrogen (secondary N) is 2. The van der Waals surface area contributed by atoms with Crippen LogP contribution in [0.15, 0.2) is 11.2 Å². The summed E-state index contributed by atoms with van der Waals surface area (Å²) in [7, 11) is 1.82. The lowest BCUT2D eigenvalue weighted by atomic mass is 10.1. The Hall–Kier alpha value is -1.18. The molecule has 136 valence electrons. The molecule has 0 spiro atoms. The number of aliphatic imine (C=N–C) groups is 1. The number of aromatic nitrogens is 1. The maximum Gasteiger partial charge on any atom is 0.191 e. The van der Waals surface area contributed by atoms with Gasteiger partial charge in [0, 0.05) is 43.8 Å². The van der Waals surface area contributed by atoms with Gasteiger partial charge in [-0.25, -0.2) is 4.98 Å².